The van der Waals surface area contributed by atoms with Gasteiger partial charge in [-0.1, -0.05) is 23.7 Å². The number of pyridine rings is 1. The van der Waals surface area contributed by atoms with Crippen molar-refractivity contribution >= 4 is 40.3 Å². The van der Waals surface area contributed by atoms with Crippen LogP contribution >= 0.6 is 11.6 Å². The maximum atomic E-state index is 14.2. The minimum absolute atomic E-state index is 0.0205. The zero-order valence-corrected chi connectivity index (χ0v) is 26.2. The van der Waals surface area contributed by atoms with E-state index in [0.717, 1.165) is 29.9 Å². The van der Waals surface area contributed by atoms with Crippen molar-refractivity contribution in [3.05, 3.63) is 82.4 Å². The summed E-state index contributed by atoms with van der Waals surface area (Å²) in [5.41, 5.74) is 1.80. The largest absolute Gasteiger partial charge is 0.473 e. The van der Waals surface area contributed by atoms with Crippen LogP contribution in [0, 0.1) is 5.82 Å². The first-order valence-electron chi connectivity index (χ1n) is 14.9. The molecule has 1 amide bonds. The monoisotopic (exact) mass is 635 g/mol. The van der Waals surface area contributed by atoms with E-state index < -0.39 is 11.4 Å². The van der Waals surface area contributed by atoms with Crippen molar-refractivity contribution in [1.29, 1.82) is 0 Å². The number of esters is 1. The normalized spacial score (nSPS) is 17.4. The molecule has 2 fully saturated rings. The lowest BCUT2D eigenvalue weighted by molar-refractivity contribution is -0.121. The molecular formula is C33H35ClFN5O5. The Morgan fingerprint density at radius 2 is 1.93 bits per heavy atom. The van der Waals surface area contributed by atoms with Crippen molar-refractivity contribution in [1.82, 2.24) is 19.4 Å². The minimum atomic E-state index is -0.605. The summed E-state index contributed by atoms with van der Waals surface area (Å²) < 4.78 is 33.3. The Balaban J connectivity index is 1.15. The Kier molecular flexibility index (Phi) is 8.76. The molecule has 236 valence electrons. The van der Waals surface area contributed by atoms with E-state index in [2.05, 4.69) is 14.5 Å². The fourth-order valence-corrected chi connectivity index (χ4v) is 5.48. The number of fused-ring (bicyclic) bond motifs is 1. The van der Waals surface area contributed by atoms with Crippen LogP contribution < -0.4 is 9.64 Å². The van der Waals surface area contributed by atoms with Crippen LogP contribution in [-0.4, -0.2) is 69.3 Å². The highest BCUT2D eigenvalue weighted by atomic mass is 35.5. The van der Waals surface area contributed by atoms with Gasteiger partial charge in [-0.15, -0.1) is 0 Å². The maximum absolute atomic E-state index is 14.2. The van der Waals surface area contributed by atoms with Gasteiger partial charge in [-0.05, 0) is 63.6 Å². The summed E-state index contributed by atoms with van der Waals surface area (Å²) in [6.07, 6.45) is 1.02. The van der Waals surface area contributed by atoms with Crippen molar-refractivity contribution in [2.24, 2.45) is 0 Å². The van der Waals surface area contributed by atoms with Crippen LogP contribution in [0.3, 0.4) is 0 Å². The molecule has 2 aliphatic heterocycles. The molecule has 0 radical (unpaired) electrons. The summed E-state index contributed by atoms with van der Waals surface area (Å²) in [5.74, 6) is 0.605. The van der Waals surface area contributed by atoms with Gasteiger partial charge >= 0.3 is 5.97 Å². The number of benzene rings is 2. The molecule has 0 saturated carbocycles. The standard InChI is InChI=1S/C33H35ClFN5O5/c1-33(2,3)45-32(42)21-8-10-26-27(15-21)40(17-24-11-14-43-24)29(36-26)18-38-12-13-39(31(41)19-38)28-5-4-6-30(37-28)44-20-22-7-9-23(34)16-25(22)35/h4-10,15-16,24H,11-14,17-20H2,1-3H3. The van der Waals surface area contributed by atoms with Gasteiger partial charge in [0.25, 0.3) is 0 Å². The first-order valence-corrected chi connectivity index (χ1v) is 15.3. The molecular weight excluding hydrogens is 601 g/mol. The number of halogens is 2. The topological polar surface area (TPSA) is 99.0 Å². The van der Waals surface area contributed by atoms with Crippen LogP contribution in [0.5, 0.6) is 5.88 Å². The molecule has 6 rings (SSSR count). The summed E-state index contributed by atoms with van der Waals surface area (Å²) in [6, 6.07) is 15.0. The second-order valence-electron chi connectivity index (χ2n) is 12.2. The number of imidazole rings is 1. The van der Waals surface area contributed by atoms with E-state index in [4.69, 9.17) is 30.8 Å². The Labute approximate surface area is 265 Å². The summed E-state index contributed by atoms with van der Waals surface area (Å²) >= 11 is 5.84. The number of ether oxygens (including phenoxy) is 3. The Hall–Kier alpha value is -4.06. The van der Waals surface area contributed by atoms with E-state index in [-0.39, 0.29) is 37.0 Å². The van der Waals surface area contributed by atoms with E-state index in [1.165, 1.54) is 6.07 Å². The number of amides is 1. The molecule has 0 spiro atoms. The van der Waals surface area contributed by atoms with Gasteiger partial charge in [-0.2, -0.15) is 4.98 Å². The van der Waals surface area contributed by atoms with E-state index in [9.17, 15) is 14.0 Å². The lowest BCUT2D eigenvalue weighted by Crippen LogP contribution is -2.50. The molecule has 1 atom stereocenters. The number of hydrogen-bond acceptors (Lipinski definition) is 8. The van der Waals surface area contributed by atoms with Crippen LogP contribution in [0.25, 0.3) is 11.0 Å². The van der Waals surface area contributed by atoms with Crippen molar-refractivity contribution in [2.45, 2.75) is 58.6 Å². The van der Waals surface area contributed by atoms with Gasteiger partial charge in [0.1, 0.15) is 29.7 Å². The van der Waals surface area contributed by atoms with Crippen LogP contribution in [-0.2, 0) is 34.0 Å². The van der Waals surface area contributed by atoms with Gasteiger partial charge in [-0.25, -0.2) is 14.2 Å². The van der Waals surface area contributed by atoms with E-state index in [1.807, 2.05) is 32.9 Å². The minimum Gasteiger partial charge on any atom is -0.473 e. The second kappa shape index (κ2) is 12.7. The molecule has 10 nitrogen and oxygen atoms in total. The lowest BCUT2D eigenvalue weighted by Gasteiger charge is -2.34. The quantitative estimate of drug-likeness (QED) is 0.226. The van der Waals surface area contributed by atoms with Crippen molar-refractivity contribution in [2.75, 3.05) is 31.1 Å². The predicted octanol–water partition coefficient (Wildman–Crippen LogP) is 5.40. The molecule has 2 saturated heterocycles. The zero-order chi connectivity index (χ0) is 31.7. The number of aromatic nitrogens is 3. The highest BCUT2D eigenvalue weighted by Gasteiger charge is 2.29. The first-order chi connectivity index (χ1) is 21.5. The van der Waals surface area contributed by atoms with Gasteiger partial charge < -0.3 is 18.8 Å². The van der Waals surface area contributed by atoms with Gasteiger partial charge in [0.15, 0.2) is 0 Å². The number of anilines is 1. The molecule has 2 aromatic carbocycles. The first kappa shape index (κ1) is 30.9. The molecule has 1 unspecified atom stereocenters. The average molecular weight is 636 g/mol. The number of carbonyl (C=O) groups excluding carboxylic acids is 2. The van der Waals surface area contributed by atoms with Crippen LogP contribution in [0.1, 0.15) is 48.9 Å². The molecule has 0 N–H and O–H groups in total. The van der Waals surface area contributed by atoms with Gasteiger partial charge in [0.2, 0.25) is 11.8 Å². The summed E-state index contributed by atoms with van der Waals surface area (Å²) in [5, 5.41) is 0.311. The van der Waals surface area contributed by atoms with Gasteiger partial charge in [0.05, 0.1) is 42.3 Å². The summed E-state index contributed by atoms with van der Waals surface area (Å²) in [7, 11) is 0. The predicted molar refractivity (Wildman–Crippen MR) is 167 cm³/mol. The van der Waals surface area contributed by atoms with Gasteiger partial charge in [0, 0.05) is 36.3 Å². The van der Waals surface area contributed by atoms with Crippen LogP contribution in [0.15, 0.2) is 54.6 Å². The third-order valence-electron chi connectivity index (χ3n) is 7.68. The molecule has 12 heteroatoms. The SMILES string of the molecule is CC(C)(C)OC(=O)c1ccc2nc(CN3CCN(c4cccc(OCc5ccc(Cl)cc5F)n4)C(=O)C3)n(CC3CCO3)c2c1. The second-order valence-corrected chi connectivity index (χ2v) is 12.7. The van der Waals surface area contributed by atoms with Crippen LogP contribution in [0.4, 0.5) is 10.2 Å². The Morgan fingerprint density at radius 3 is 2.64 bits per heavy atom. The fourth-order valence-electron chi connectivity index (χ4n) is 5.32. The van der Waals surface area contributed by atoms with Crippen LogP contribution in [0.2, 0.25) is 5.02 Å². The number of hydrogen-bond donors (Lipinski definition) is 0. The van der Waals surface area contributed by atoms with Crippen molar-refractivity contribution < 1.29 is 28.2 Å². The number of piperazine rings is 1. The molecule has 4 aromatic rings. The third kappa shape index (κ3) is 7.27. The molecule has 0 bridgehead atoms. The molecule has 45 heavy (non-hydrogen) atoms. The highest BCUT2D eigenvalue weighted by molar-refractivity contribution is 6.30. The smallest absolute Gasteiger partial charge is 0.338 e. The van der Waals surface area contributed by atoms with E-state index in [1.54, 1.807) is 41.3 Å². The Bertz CT molecular complexity index is 1730. The number of carbonyl (C=O) groups is 2. The highest BCUT2D eigenvalue weighted by Crippen LogP contribution is 2.26. The molecule has 0 aliphatic carbocycles. The van der Waals surface area contributed by atoms with E-state index >= 15 is 0 Å². The molecule has 2 aromatic heterocycles. The van der Waals surface area contributed by atoms with Gasteiger partial charge in [-0.3, -0.25) is 14.6 Å². The third-order valence-corrected chi connectivity index (χ3v) is 7.92. The molecule has 2 aliphatic rings. The Morgan fingerprint density at radius 1 is 1.11 bits per heavy atom. The van der Waals surface area contributed by atoms with Crippen molar-refractivity contribution in [3.63, 3.8) is 0 Å². The van der Waals surface area contributed by atoms with E-state index in [0.29, 0.717) is 48.1 Å². The van der Waals surface area contributed by atoms with Crippen molar-refractivity contribution in [3.8, 4) is 5.88 Å². The summed E-state index contributed by atoms with van der Waals surface area (Å²) in [6.45, 7) is 8.48. The number of rotatable bonds is 9. The molecule has 4 heterocycles. The average Bonchev–Trinajstić information content (AvgIpc) is 3.29. The summed E-state index contributed by atoms with van der Waals surface area (Å²) in [4.78, 5) is 39.2. The fraction of sp³-hybridized carbons (Fsp3) is 0.394. The maximum Gasteiger partial charge on any atom is 0.338 e. The number of nitrogens with zero attached hydrogens (tertiary/aromatic N) is 5. The lowest BCUT2D eigenvalue weighted by atomic mass is 10.1. The zero-order valence-electron chi connectivity index (χ0n) is 25.5.